The summed E-state index contributed by atoms with van der Waals surface area (Å²) in [5, 5.41) is 8.88. The standard InChI is InChI=1S/C22H20N4OS2/c27-22(19-15-29-21(26-19)13-16-5-2-1-3-6-16)24-10-4-7-20-25-18(14-28-20)17-8-11-23-12-9-17/h1-3,5-6,8-9,11-12,14-15H,4,7,10,13H2,(H,24,27). The molecule has 0 saturated carbocycles. The Morgan fingerprint density at radius 3 is 2.55 bits per heavy atom. The molecule has 5 nitrogen and oxygen atoms in total. The molecular weight excluding hydrogens is 400 g/mol. The lowest BCUT2D eigenvalue weighted by Crippen LogP contribution is -2.25. The van der Waals surface area contributed by atoms with Crippen molar-refractivity contribution < 1.29 is 4.79 Å². The van der Waals surface area contributed by atoms with Gasteiger partial charge in [0, 0.05) is 48.1 Å². The van der Waals surface area contributed by atoms with Crippen LogP contribution in [0.4, 0.5) is 0 Å². The Morgan fingerprint density at radius 2 is 1.72 bits per heavy atom. The number of rotatable bonds is 8. The molecule has 4 aromatic rings. The van der Waals surface area contributed by atoms with Gasteiger partial charge in [-0.15, -0.1) is 22.7 Å². The minimum Gasteiger partial charge on any atom is -0.351 e. The summed E-state index contributed by atoms with van der Waals surface area (Å²) in [6.07, 6.45) is 5.98. The minimum atomic E-state index is -0.114. The molecule has 0 radical (unpaired) electrons. The van der Waals surface area contributed by atoms with Gasteiger partial charge in [0.25, 0.3) is 5.91 Å². The fraction of sp³-hybridized carbons (Fsp3) is 0.182. The lowest BCUT2D eigenvalue weighted by Gasteiger charge is -2.02. The van der Waals surface area contributed by atoms with Crippen molar-refractivity contribution in [1.82, 2.24) is 20.3 Å². The highest BCUT2D eigenvalue weighted by atomic mass is 32.1. The van der Waals surface area contributed by atoms with Crippen LogP contribution in [-0.2, 0) is 12.8 Å². The van der Waals surface area contributed by atoms with E-state index < -0.39 is 0 Å². The van der Waals surface area contributed by atoms with Crippen LogP contribution in [0.2, 0.25) is 0 Å². The number of carbonyl (C=O) groups is 1. The topological polar surface area (TPSA) is 67.8 Å². The van der Waals surface area contributed by atoms with E-state index in [1.165, 1.54) is 16.9 Å². The Balaban J connectivity index is 1.23. The minimum absolute atomic E-state index is 0.114. The third-order valence-corrected chi connectivity index (χ3v) is 6.12. The van der Waals surface area contributed by atoms with Gasteiger partial charge in [0.1, 0.15) is 5.69 Å². The van der Waals surface area contributed by atoms with Crippen LogP contribution in [0.5, 0.6) is 0 Å². The average Bonchev–Trinajstić information content (AvgIpc) is 3.42. The van der Waals surface area contributed by atoms with Gasteiger partial charge >= 0.3 is 0 Å². The third-order valence-electron chi connectivity index (χ3n) is 4.36. The SMILES string of the molecule is O=C(NCCCc1nc(-c2ccncc2)cs1)c1csc(Cc2ccccc2)n1. The maximum atomic E-state index is 12.3. The molecule has 0 spiro atoms. The van der Waals surface area contributed by atoms with Crippen molar-refractivity contribution in [1.29, 1.82) is 0 Å². The molecule has 4 rings (SSSR count). The highest BCUT2D eigenvalue weighted by molar-refractivity contribution is 7.10. The number of aryl methyl sites for hydroxylation is 1. The van der Waals surface area contributed by atoms with Crippen molar-refractivity contribution >= 4 is 28.6 Å². The fourth-order valence-corrected chi connectivity index (χ4v) is 4.54. The van der Waals surface area contributed by atoms with Crippen molar-refractivity contribution in [3.05, 3.63) is 86.9 Å². The van der Waals surface area contributed by atoms with E-state index in [2.05, 4.69) is 37.8 Å². The molecule has 0 unspecified atom stereocenters. The Hall–Kier alpha value is -2.90. The zero-order valence-electron chi connectivity index (χ0n) is 15.7. The molecular formula is C22H20N4OS2. The number of carbonyl (C=O) groups excluding carboxylic acids is 1. The summed E-state index contributed by atoms with van der Waals surface area (Å²) >= 11 is 3.17. The molecule has 146 valence electrons. The number of thiazole rings is 2. The molecule has 3 heterocycles. The fourth-order valence-electron chi connectivity index (χ4n) is 2.88. The molecule has 0 aliphatic heterocycles. The van der Waals surface area contributed by atoms with Gasteiger partial charge in [-0.3, -0.25) is 9.78 Å². The first kappa shape index (κ1) is 19.4. The molecule has 3 aromatic heterocycles. The van der Waals surface area contributed by atoms with Crippen LogP contribution in [0.3, 0.4) is 0 Å². The monoisotopic (exact) mass is 420 g/mol. The Morgan fingerprint density at radius 1 is 0.931 bits per heavy atom. The predicted molar refractivity (Wildman–Crippen MR) is 117 cm³/mol. The van der Waals surface area contributed by atoms with Crippen molar-refractivity contribution in [2.24, 2.45) is 0 Å². The maximum absolute atomic E-state index is 12.3. The molecule has 0 saturated heterocycles. The van der Waals surface area contributed by atoms with E-state index in [9.17, 15) is 4.79 Å². The number of pyridine rings is 1. The Kier molecular flexibility index (Phi) is 6.38. The van der Waals surface area contributed by atoms with Gasteiger partial charge in [0.05, 0.1) is 15.7 Å². The number of amides is 1. The van der Waals surface area contributed by atoms with Crippen LogP contribution < -0.4 is 5.32 Å². The van der Waals surface area contributed by atoms with Gasteiger partial charge in [-0.1, -0.05) is 30.3 Å². The van der Waals surface area contributed by atoms with Gasteiger partial charge in [0.15, 0.2) is 0 Å². The van der Waals surface area contributed by atoms with Crippen molar-refractivity contribution in [2.75, 3.05) is 6.54 Å². The van der Waals surface area contributed by atoms with Gasteiger partial charge in [-0.2, -0.15) is 0 Å². The van der Waals surface area contributed by atoms with Crippen LogP contribution in [0.15, 0.2) is 65.6 Å². The van der Waals surface area contributed by atoms with E-state index in [0.717, 1.165) is 40.5 Å². The molecule has 7 heteroatoms. The molecule has 0 aliphatic carbocycles. The normalized spacial score (nSPS) is 10.8. The first-order valence-corrected chi connectivity index (χ1v) is 11.2. The smallest absolute Gasteiger partial charge is 0.270 e. The van der Waals surface area contributed by atoms with Crippen LogP contribution >= 0.6 is 22.7 Å². The first-order chi connectivity index (χ1) is 14.3. The number of hydrogen-bond donors (Lipinski definition) is 1. The van der Waals surface area contributed by atoms with Crippen molar-refractivity contribution in [2.45, 2.75) is 19.3 Å². The second kappa shape index (κ2) is 9.54. The molecule has 1 amide bonds. The summed E-state index contributed by atoms with van der Waals surface area (Å²) in [6, 6.07) is 14.1. The average molecular weight is 421 g/mol. The molecule has 29 heavy (non-hydrogen) atoms. The second-order valence-corrected chi connectivity index (χ2v) is 8.40. The highest BCUT2D eigenvalue weighted by Gasteiger charge is 2.11. The summed E-state index contributed by atoms with van der Waals surface area (Å²) < 4.78 is 0. The largest absolute Gasteiger partial charge is 0.351 e. The van der Waals surface area contributed by atoms with Gasteiger partial charge in [0.2, 0.25) is 0 Å². The molecule has 0 fully saturated rings. The molecule has 1 N–H and O–H groups in total. The van der Waals surface area contributed by atoms with Crippen LogP contribution in [0.25, 0.3) is 11.3 Å². The number of nitrogens with one attached hydrogen (secondary N) is 1. The number of benzene rings is 1. The highest BCUT2D eigenvalue weighted by Crippen LogP contribution is 2.21. The number of nitrogens with zero attached hydrogens (tertiary/aromatic N) is 3. The first-order valence-electron chi connectivity index (χ1n) is 9.39. The lowest BCUT2D eigenvalue weighted by atomic mass is 10.2. The number of hydrogen-bond acceptors (Lipinski definition) is 6. The van der Waals surface area contributed by atoms with Crippen molar-refractivity contribution in [3.8, 4) is 11.3 Å². The van der Waals surface area contributed by atoms with E-state index in [1.807, 2.05) is 35.7 Å². The summed E-state index contributed by atoms with van der Waals surface area (Å²) in [7, 11) is 0. The second-order valence-electron chi connectivity index (χ2n) is 6.51. The molecule has 0 atom stereocenters. The van der Waals surface area contributed by atoms with Gasteiger partial charge in [-0.05, 0) is 24.1 Å². The van der Waals surface area contributed by atoms with Gasteiger partial charge in [-0.25, -0.2) is 9.97 Å². The lowest BCUT2D eigenvalue weighted by molar-refractivity contribution is 0.0949. The van der Waals surface area contributed by atoms with E-state index in [4.69, 9.17) is 0 Å². The van der Waals surface area contributed by atoms with E-state index in [0.29, 0.717) is 12.2 Å². The third kappa shape index (κ3) is 5.34. The zero-order chi connectivity index (χ0) is 19.9. The van der Waals surface area contributed by atoms with E-state index in [1.54, 1.807) is 23.7 Å². The van der Waals surface area contributed by atoms with Gasteiger partial charge < -0.3 is 5.32 Å². The van der Waals surface area contributed by atoms with E-state index in [-0.39, 0.29) is 5.91 Å². The maximum Gasteiger partial charge on any atom is 0.270 e. The molecule has 1 aromatic carbocycles. The molecule has 0 aliphatic rings. The van der Waals surface area contributed by atoms with E-state index >= 15 is 0 Å². The van der Waals surface area contributed by atoms with Crippen LogP contribution in [0, 0.1) is 0 Å². The predicted octanol–water partition coefficient (Wildman–Crippen LogP) is 4.62. The summed E-state index contributed by atoms with van der Waals surface area (Å²) in [4.78, 5) is 25.5. The van der Waals surface area contributed by atoms with Crippen LogP contribution in [0.1, 0.15) is 32.5 Å². The van der Waals surface area contributed by atoms with Crippen molar-refractivity contribution in [3.63, 3.8) is 0 Å². The zero-order valence-corrected chi connectivity index (χ0v) is 17.4. The Bertz CT molecular complexity index is 1060. The quantitative estimate of drug-likeness (QED) is 0.423. The molecule has 0 bridgehead atoms. The number of aromatic nitrogens is 3. The van der Waals surface area contributed by atoms with Crippen LogP contribution in [-0.4, -0.2) is 27.4 Å². The Labute approximate surface area is 177 Å². The summed E-state index contributed by atoms with van der Waals surface area (Å²) in [6.45, 7) is 0.606. The summed E-state index contributed by atoms with van der Waals surface area (Å²) in [5.41, 5.74) is 3.74. The summed E-state index contributed by atoms with van der Waals surface area (Å²) in [5.74, 6) is -0.114.